The van der Waals surface area contributed by atoms with Crippen molar-refractivity contribution in [2.24, 2.45) is 0 Å². The minimum absolute atomic E-state index is 0.877. The van der Waals surface area contributed by atoms with Crippen LogP contribution >= 0.6 is 11.8 Å². The molecule has 18 heavy (non-hydrogen) atoms. The monoisotopic (exact) mass is 257 g/mol. The Bertz CT molecular complexity index is 491. The number of anilines is 1. The molecule has 2 aromatic carbocycles. The summed E-state index contributed by atoms with van der Waals surface area (Å²) in [4.78, 5) is 1.31. The van der Waals surface area contributed by atoms with Gasteiger partial charge < -0.3 is 5.32 Å². The van der Waals surface area contributed by atoms with Gasteiger partial charge in [-0.2, -0.15) is 0 Å². The number of rotatable bonds is 5. The number of benzene rings is 2. The number of nitrogens with one attached hydrogen (secondary N) is 1. The Labute approximate surface area is 114 Å². The van der Waals surface area contributed by atoms with Gasteiger partial charge in [0.1, 0.15) is 0 Å². The van der Waals surface area contributed by atoms with Crippen LogP contribution in [-0.2, 0) is 13.0 Å². The van der Waals surface area contributed by atoms with Gasteiger partial charge in [-0.25, -0.2) is 0 Å². The highest BCUT2D eigenvalue weighted by Gasteiger charge is 1.96. The van der Waals surface area contributed by atoms with Crippen molar-refractivity contribution in [1.82, 2.24) is 0 Å². The van der Waals surface area contributed by atoms with Crippen LogP contribution in [0.15, 0.2) is 53.4 Å². The Morgan fingerprint density at radius 2 is 1.78 bits per heavy atom. The molecule has 2 aromatic rings. The summed E-state index contributed by atoms with van der Waals surface area (Å²) < 4.78 is 0. The minimum Gasteiger partial charge on any atom is -0.381 e. The number of hydrogen-bond acceptors (Lipinski definition) is 2. The summed E-state index contributed by atoms with van der Waals surface area (Å²) in [6.45, 7) is 3.06. The van der Waals surface area contributed by atoms with E-state index in [4.69, 9.17) is 0 Å². The largest absolute Gasteiger partial charge is 0.381 e. The first-order chi connectivity index (χ1) is 8.81. The van der Waals surface area contributed by atoms with Gasteiger partial charge in [0.2, 0.25) is 0 Å². The van der Waals surface area contributed by atoms with Gasteiger partial charge in [0, 0.05) is 17.1 Å². The molecule has 0 aliphatic rings. The van der Waals surface area contributed by atoms with E-state index in [1.54, 1.807) is 11.8 Å². The van der Waals surface area contributed by atoms with E-state index < -0.39 is 0 Å². The molecule has 0 aliphatic heterocycles. The Morgan fingerprint density at radius 1 is 1.00 bits per heavy atom. The van der Waals surface area contributed by atoms with Crippen LogP contribution in [0.3, 0.4) is 0 Å². The first-order valence-electron chi connectivity index (χ1n) is 6.27. The van der Waals surface area contributed by atoms with Crippen molar-refractivity contribution in [2.45, 2.75) is 24.8 Å². The summed E-state index contributed by atoms with van der Waals surface area (Å²) in [7, 11) is 0. The lowest BCUT2D eigenvalue weighted by atomic mass is 10.1. The van der Waals surface area contributed by atoms with Gasteiger partial charge in [-0.05, 0) is 48.1 Å². The molecule has 94 valence electrons. The smallest absolute Gasteiger partial charge is 0.0400 e. The van der Waals surface area contributed by atoms with E-state index in [0.29, 0.717) is 0 Å². The molecule has 0 aromatic heterocycles. The molecule has 0 aliphatic carbocycles. The average Bonchev–Trinajstić information content (AvgIpc) is 2.46. The summed E-state index contributed by atoms with van der Waals surface area (Å²) in [5, 5.41) is 3.47. The van der Waals surface area contributed by atoms with Crippen molar-refractivity contribution in [3.8, 4) is 0 Å². The van der Waals surface area contributed by atoms with Gasteiger partial charge in [-0.15, -0.1) is 11.8 Å². The first-order valence-corrected chi connectivity index (χ1v) is 7.50. The third-order valence-corrected chi connectivity index (χ3v) is 3.73. The van der Waals surface area contributed by atoms with Crippen LogP contribution in [-0.4, -0.2) is 6.26 Å². The molecule has 0 fully saturated rings. The molecule has 2 heteroatoms. The Morgan fingerprint density at radius 3 is 2.44 bits per heavy atom. The van der Waals surface area contributed by atoms with E-state index in [9.17, 15) is 0 Å². The Hall–Kier alpha value is -1.41. The van der Waals surface area contributed by atoms with Crippen LogP contribution in [0.4, 0.5) is 5.69 Å². The second-order valence-electron chi connectivity index (χ2n) is 4.26. The van der Waals surface area contributed by atoms with Crippen LogP contribution in [0, 0.1) is 0 Å². The van der Waals surface area contributed by atoms with E-state index in [0.717, 1.165) is 13.0 Å². The Balaban J connectivity index is 1.97. The van der Waals surface area contributed by atoms with Gasteiger partial charge in [0.05, 0.1) is 0 Å². The predicted molar refractivity (Wildman–Crippen MR) is 81.4 cm³/mol. The van der Waals surface area contributed by atoms with Crippen molar-refractivity contribution in [3.05, 3.63) is 59.7 Å². The zero-order chi connectivity index (χ0) is 12.8. The molecule has 0 spiro atoms. The molecule has 0 radical (unpaired) electrons. The quantitative estimate of drug-likeness (QED) is 0.787. The van der Waals surface area contributed by atoms with E-state index >= 15 is 0 Å². The first kappa shape index (κ1) is 13.0. The van der Waals surface area contributed by atoms with Crippen LogP contribution < -0.4 is 5.32 Å². The molecular weight excluding hydrogens is 238 g/mol. The van der Waals surface area contributed by atoms with Crippen LogP contribution in [0.5, 0.6) is 0 Å². The number of thioether (sulfide) groups is 1. The third kappa shape index (κ3) is 3.54. The lowest BCUT2D eigenvalue weighted by molar-refractivity contribution is 1.11. The van der Waals surface area contributed by atoms with Crippen molar-refractivity contribution in [3.63, 3.8) is 0 Å². The molecule has 0 saturated carbocycles. The third-order valence-electron chi connectivity index (χ3n) is 2.99. The fourth-order valence-electron chi connectivity index (χ4n) is 1.85. The lowest BCUT2D eigenvalue weighted by Crippen LogP contribution is -1.99. The van der Waals surface area contributed by atoms with Gasteiger partial charge in [-0.1, -0.05) is 31.2 Å². The lowest BCUT2D eigenvalue weighted by Gasteiger charge is -2.08. The van der Waals surface area contributed by atoms with Crippen LogP contribution in [0.25, 0.3) is 0 Å². The maximum atomic E-state index is 3.47. The second-order valence-corrected chi connectivity index (χ2v) is 5.14. The van der Waals surface area contributed by atoms with Crippen LogP contribution in [0.2, 0.25) is 0 Å². The summed E-state index contributed by atoms with van der Waals surface area (Å²) in [6, 6.07) is 17.3. The highest BCUT2D eigenvalue weighted by molar-refractivity contribution is 7.98. The molecular formula is C16H19NS. The summed E-state index contributed by atoms with van der Waals surface area (Å²) >= 11 is 1.78. The maximum absolute atomic E-state index is 3.47. The molecule has 0 unspecified atom stereocenters. The second kappa shape index (κ2) is 6.50. The molecule has 1 nitrogen and oxygen atoms in total. The van der Waals surface area contributed by atoms with Crippen molar-refractivity contribution < 1.29 is 0 Å². The molecule has 0 heterocycles. The van der Waals surface area contributed by atoms with E-state index in [2.05, 4.69) is 67.0 Å². The molecule has 0 saturated heterocycles. The van der Waals surface area contributed by atoms with Gasteiger partial charge >= 0.3 is 0 Å². The van der Waals surface area contributed by atoms with Crippen molar-refractivity contribution >= 4 is 17.4 Å². The zero-order valence-electron chi connectivity index (χ0n) is 10.9. The van der Waals surface area contributed by atoms with Gasteiger partial charge in [0.25, 0.3) is 0 Å². The van der Waals surface area contributed by atoms with E-state index in [-0.39, 0.29) is 0 Å². The SMILES string of the molecule is CCc1cccc(NCc2ccc(SC)cc2)c1. The summed E-state index contributed by atoms with van der Waals surface area (Å²) in [5.74, 6) is 0. The molecule has 0 amide bonds. The predicted octanol–water partition coefficient (Wildman–Crippen LogP) is 4.58. The summed E-state index contributed by atoms with van der Waals surface area (Å²) in [6.07, 6.45) is 3.18. The zero-order valence-corrected chi connectivity index (χ0v) is 11.8. The standard InChI is InChI=1S/C16H19NS/c1-3-13-5-4-6-15(11-13)17-12-14-7-9-16(18-2)10-8-14/h4-11,17H,3,12H2,1-2H3. The number of aryl methyl sites for hydroxylation is 1. The van der Waals surface area contributed by atoms with Crippen molar-refractivity contribution in [2.75, 3.05) is 11.6 Å². The fourth-order valence-corrected chi connectivity index (χ4v) is 2.26. The highest BCUT2D eigenvalue weighted by Crippen LogP contribution is 2.16. The highest BCUT2D eigenvalue weighted by atomic mass is 32.2. The fraction of sp³-hybridized carbons (Fsp3) is 0.250. The topological polar surface area (TPSA) is 12.0 Å². The van der Waals surface area contributed by atoms with Gasteiger partial charge in [0.15, 0.2) is 0 Å². The van der Waals surface area contributed by atoms with Crippen molar-refractivity contribution in [1.29, 1.82) is 0 Å². The summed E-state index contributed by atoms with van der Waals surface area (Å²) in [5.41, 5.74) is 3.88. The molecule has 2 rings (SSSR count). The van der Waals surface area contributed by atoms with Gasteiger partial charge in [-0.3, -0.25) is 0 Å². The van der Waals surface area contributed by atoms with Crippen LogP contribution in [0.1, 0.15) is 18.1 Å². The normalized spacial score (nSPS) is 10.3. The average molecular weight is 257 g/mol. The maximum Gasteiger partial charge on any atom is 0.0400 e. The molecule has 1 N–H and O–H groups in total. The Kier molecular flexibility index (Phi) is 4.71. The minimum atomic E-state index is 0.877. The molecule has 0 bridgehead atoms. The van der Waals surface area contributed by atoms with E-state index in [1.807, 2.05) is 0 Å². The molecule has 0 atom stereocenters. The number of hydrogen-bond donors (Lipinski definition) is 1. The van der Waals surface area contributed by atoms with E-state index in [1.165, 1.54) is 21.7 Å².